The number of aromatic nitrogens is 4. The highest BCUT2D eigenvalue weighted by Gasteiger charge is 2.59. The first-order valence-electron chi connectivity index (χ1n) is 19.1. The van der Waals surface area contributed by atoms with Gasteiger partial charge in [0.25, 0.3) is 0 Å². The van der Waals surface area contributed by atoms with Crippen molar-refractivity contribution in [2.24, 2.45) is 22.1 Å². The van der Waals surface area contributed by atoms with E-state index in [1.807, 2.05) is 73.3 Å². The normalized spacial score (nSPS) is 26.2. The first-order valence-corrected chi connectivity index (χ1v) is 19.9. The van der Waals surface area contributed by atoms with Gasteiger partial charge in [0.2, 0.25) is 0 Å². The zero-order valence-corrected chi connectivity index (χ0v) is 33.3. The summed E-state index contributed by atoms with van der Waals surface area (Å²) < 4.78 is 3.01. The summed E-state index contributed by atoms with van der Waals surface area (Å²) in [7, 11) is 1.99. The lowest BCUT2D eigenvalue weighted by Gasteiger charge is -2.61. The standard InChI is InChI=1S/C42H50N8O4S/c1-7-39(3)20-40(4)21-41(5,24-42(22-39,23-40)54-43)25-50-26(2)29(19-44-50)28-13-14-30(45-35(28)36(51)52)27-12-15-32-33(18-27)49(17-16-48(32)6)38(53)47-37-46-31-10-8-9-11-34(31)55-37/h8-15,18-19H,7,16-17,20-25,43H2,1-6H3,(H,51,52)(H,46,47,53). The van der Waals surface area contributed by atoms with Gasteiger partial charge in [-0.1, -0.05) is 63.7 Å². The summed E-state index contributed by atoms with van der Waals surface area (Å²) >= 11 is 1.43. The number of pyridine rings is 1. The number of likely N-dealkylation sites (N-methyl/N-ethyl adjacent to an activating group) is 1. The Kier molecular flexibility index (Phi) is 9.05. The maximum absolute atomic E-state index is 13.7. The van der Waals surface area contributed by atoms with Crippen molar-refractivity contribution in [2.45, 2.75) is 85.3 Å². The fraction of sp³-hybridized carbons (Fsp3) is 0.452. The van der Waals surface area contributed by atoms with Crippen molar-refractivity contribution in [1.82, 2.24) is 19.7 Å². The van der Waals surface area contributed by atoms with Crippen LogP contribution >= 0.6 is 11.3 Å². The Morgan fingerprint density at radius 2 is 1.71 bits per heavy atom. The number of benzene rings is 2. The Labute approximate surface area is 325 Å². The van der Waals surface area contributed by atoms with Crippen molar-refractivity contribution >= 4 is 50.1 Å². The van der Waals surface area contributed by atoms with Gasteiger partial charge in [-0.2, -0.15) is 5.10 Å². The van der Waals surface area contributed by atoms with Crippen LogP contribution in [0.2, 0.25) is 0 Å². The van der Waals surface area contributed by atoms with E-state index in [9.17, 15) is 14.7 Å². The predicted octanol–water partition coefficient (Wildman–Crippen LogP) is 8.75. The largest absolute Gasteiger partial charge is 0.476 e. The number of amides is 2. The van der Waals surface area contributed by atoms with Gasteiger partial charge in [-0.15, -0.1) is 0 Å². The first-order chi connectivity index (χ1) is 26.1. The molecule has 2 saturated carbocycles. The monoisotopic (exact) mass is 762 g/mol. The average molecular weight is 763 g/mol. The maximum atomic E-state index is 13.7. The van der Waals surface area contributed by atoms with Gasteiger partial charge < -0.3 is 10.0 Å². The van der Waals surface area contributed by atoms with Crippen molar-refractivity contribution in [3.8, 4) is 22.4 Å². The fourth-order valence-corrected chi connectivity index (χ4v) is 11.5. The third-order valence-corrected chi connectivity index (χ3v) is 13.4. The van der Waals surface area contributed by atoms with Crippen molar-refractivity contribution in [1.29, 1.82) is 0 Å². The Balaban J connectivity index is 1.07. The number of nitrogens with one attached hydrogen (secondary N) is 1. The molecule has 2 aliphatic carbocycles. The molecule has 1 aliphatic heterocycles. The van der Waals surface area contributed by atoms with E-state index < -0.39 is 5.97 Å². The molecule has 3 aromatic heterocycles. The van der Waals surface area contributed by atoms with E-state index in [1.165, 1.54) is 11.3 Å². The van der Waals surface area contributed by atoms with Crippen molar-refractivity contribution in [2.75, 3.05) is 35.3 Å². The van der Waals surface area contributed by atoms with E-state index in [1.54, 1.807) is 11.1 Å². The fourth-order valence-electron chi connectivity index (χ4n) is 10.6. The molecule has 2 bridgehead atoms. The molecule has 2 fully saturated rings. The smallest absolute Gasteiger partial charge is 0.355 e. The number of carbonyl (C=O) groups is 2. The molecule has 4 atom stereocenters. The number of rotatable bonds is 8. The van der Waals surface area contributed by atoms with Gasteiger partial charge in [0, 0.05) is 49.1 Å². The quantitative estimate of drug-likeness (QED) is 0.132. The molecule has 8 rings (SSSR count). The Bertz CT molecular complexity index is 2290. The summed E-state index contributed by atoms with van der Waals surface area (Å²) in [6.07, 6.45) is 7.76. The molecular formula is C42H50N8O4S. The van der Waals surface area contributed by atoms with Crippen LogP contribution in [0.3, 0.4) is 0 Å². The topological polar surface area (TPSA) is 152 Å². The van der Waals surface area contributed by atoms with Crippen LogP contribution in [0.5, 0.6) is 0 Å². The molecule has 4 N–H and O–H groups in total. The summed E-state index contributed by atoms with van der Waals surface area (Å²) in [5.74, 6) is 4.97. The highest BCUT2D eigenvalue weighted by atomic mass is 32.1. The molecule has 0 spiro atoms. The van der Waals surface area contributed by atoms with Gasteiger partial charge in [0.1, 0.15) is 0 Å². The predicted molar refractivity (Wildman–Crippen MR) is 218 cm³/mol. The van der Waals surface area contributed by atoms with Crippen LogP contribution in [0.25, 0.3) is 32.6 Å². The number of nitrogens with two attached hydrogens (primary N) is 1. The van der Waals surface area contributed by atoms with Crippen LogP contribution < -0.4 is 21.0 Å². The lowest BCUT2D eigenvalue weighted by molar-refractivity contribution is -0.199. The third kappa shape index (κ3) is 6.76. The number of urea groups is 1. The SMILES string of the molecule is CCC1(C)CC2(C)CC(C)(Cn3ncc(-c4ccc(-c5ccc6c(c5)N(C(=O)Nc5nc7ccccc7s5)CCN6C)nc4C(=O)O)c3C)CC(ON)(C1)C2. The number of anilines is 3. The summed E-state index contributed by atoms with van der Waals surface area (Å²) in [6.45, 7) is 13.1. The number of nitrogens with zero attached hydrogens (tertiary/aromatic N) is 6. The molecule has 4 unspecified atom stereocenters. The number of carbonyl (C=O) groups excluding carboxylic acids is 1. The Hall–Kier alpha value is -4.85. The van der Waals surface area contributed by atoms with E-state index in [0.29, 0.717) is 47.3 Å². The Morgan fingerprint density at radius 3 is 2.45 bits per heavy atom. The summed E-state index contributed by atoms with van der Waals surface area (Å²) in [5.41, 5.74) is 5.48. The molecule has 13 heteroatoms. The number of fused-ring (bicyclic) bond motifs is 4. The van der Waals surface area contributed by atoms with Gasteiger partial charge in [-0.3, -0.25) is 19.7 Å². The average Bonchev–Trinajstić information content (AvgIpc) is 3.71. The molecule has 2 amide bonds. The van der Waals surface area contributed by atoms with Crippen LogP contribution in [-0.4, -0.2) is 62.6 Å². The molecule has 55 heavy (non-hydrogen) atoms. The number of hydrogen-bond donors (Lipinski definition) is 3. The van der Waals surface area contributed by atoms with Gasteiger partial charge >= 0.3 is 12.0 Å². The second-order valence-electron chi connectivity index (χ2n) is 17.4. The van der Waals surface area contributed by atoms with Crippen molar-refractivity contribution < 1.29 is 19.5 Å². The van der Waals surface area contributed by atoms with Gasteiger partial charge in [0.15, 0.2) is 10.8 Å². The highest BCUT2D eigenvalue weighted by Crippen LogP contribution is 2.63. The first kappa shape index (κ1) is 37.1. The number of carboxylic acid groups (broad SMARTS) is 1. The summed E-state index contributed by atoms with van der Waals surface area (Å²) in [5, 5.41) is 18.8. The second-order valence-corrected chi connectivity index (χ2v) is 18.4. The van der Waals surface area contributed by atoms with Crippen molar-refractivity contribution in [3.05, 3.63) is 72.2 Å². The van der Waals surface area contributed by atoms with Crippen LogP contribution in [0.15, 0.2) is 60.8 Å². The molecule has 0 radical (unpaired) electrons. The molecule has 2 aromatic carbocycles. The Morgan fingerprint density at radius 1 is 0.945 bits per heavy atom. The molecule has 3 aliphatic rings. The minimum Gasteiger partial charge on any atom is -0.476 e. The van der Waals surface area contributed by atoms with E-state index in [4.69, 9.17) is 20.8 Å². The molecule has 288 valence electrons. The maximum Gasteiger partial charge on any atom is 0.355 e. The number of hydrogen-bond acceptors (Lipinski definition) is 9. The van der Waals surface area contributed by atoms with Gasteiger partial charge in [0.05, 0.1) is 39.1 Å². The third-order valence-electron chi connectivity index (χ3n) is 12.5. The molecular weight excluding hydrogens is 713 g/mol. The highest BCUT2D eigenvalue weighted by molar-refractivity contribution is 7.22. The zero-order chi connectivity index (χ0) is 38.9. The zero-order valence-electron chi connectivity index (χ0n) is 32.5. The van der Waals surface area contributed by atoms with Crippen molar-refractivity contribution in [3.63, 3.8) is 0 Å². The van der Waals surface area contributed by atoms with Gasteiger partial charge in [-0.05, 0) is 91.7 Å². The number of aromatic carboxylic acids is 1. The summed E-state index contributed by atoms with van der Waals surface area (Å²) in [6, 6.07) is 16.9. The lowest BCUT2D eigenvalue weighted by Crippen LogP contribution is -2.58. The van der Waals surface area contributed by atoms with Crippen LogP contribution in [0, 0.1) is 23.2 Å². The number of carboxylic acids is 1. The molecule has 12 nitrogen and oxygen atoms in total. The lowest BCUT2D eigenvalue weighted by atomic mass is 9.47. The second kappa shape index (κ2) is 13.4. The molecule has 5 aromatic rings. The number of thiazole rings is 1. The van der Waals surface area contributed by atoms with Gasteiger partial charge in [-0.25, -0.2) is 25.5 Å². The van der Waals surface area contributed by atoms with Crippen LogP contribution in [0.1, 0.15) is 82.4 Å². The van der Waals surface area contributed by atoms with Crippen LogP contribution in [0.4, 0.5) is 21.3 Å². The summed E-state index contributed by atoms with van der Waals surface area (Å²) in [4.78, 5) is 45.5. The van der Waals surface area contributed by atoms with E-state index >= 15 is 0 Å². The van der Waals surface area contributed by atoms with E-state index in [0.717, 1.165) is 65.7 Å². The molecule has 0 saturated heterocycles. The van der Waals surface area contributed by atoms with Crippen LogP contribution in [-0.2, 0) is 11.4 Å². The van der Waals surface area contributed by atoms with E-state index in [2.05, 4.69) is 42.9 Å². The van der Waals surface area contributed by atoms with E-state index in [-0.39, 0.29) is 33.6 Å². The molecule has 4 heterocycles. The number of para-hydroxylation sites is 1. The minimum absolute atomic E-state index is 0.0549. The minimum atomic E-state index is -1.13.